The van der Waals surface area contributed by atoms with Gasteiger partial charge in [0.2, 0.25) is 0 Å². The molecular formula is C14H13BrFNO3. The first-order chi connectivity index (χ1) is 9.44. The Hall–Kier alpha value is -1.40. The number of hydrogen-bond acceptors (Lipinski definition) is 3. The quantitative estimate of drug-likeness (QED) is 0.854. The lowest BCUT2D eigenvalue weighted by atomic mass is 9.94. The highest BCUT2D eigenvalue weighted by atomic mass is 79.9. The predicted octanol–water partition coefficient (Wildman–Crippen LogP) is 2.70. The molecule has 0 radical (unpaired) electrons. The molecule has 1 N–H and O–H groups in total. The highest BCUT2D eigenvalue weighted by Crippen LogP contribution is 2.41. The molecule has 1 aromatic carbocycles. The summed E-state index contributed by atoms with van der Waals surface area (Å²) in [6.45, 7) is 0.544. The Bertz CT molecular complexity index is 712. The molecule has 1 atom stereocenters. The first-order valence-electron chi connectivity index (χ1n) is 6.22. The predicted molar refractivity (Wildman–Crippen MR) is 74.7 cm³/mol. The van der Waals surface area contributed by atoms with Gasteiger partial charge in [-0.25, -0.2) is 4.39 Å². The average Bonchev–Trinajstić information content (AvgIpc) is 2.89. The summed E-state index contributed by atoms with van der Waals surface area (Å²) in [7, 11) is 1.29. The largest absolute Gasteiger partial charge is 0.469 e. The SMILES string of the molecule is COC(=O)C[C@]1(O)CCn2c1cc1c(Br)cc(F)cc12. The van der Waals surface area contributed by atoms with Crippen molar-refractivity contribution in [1.82, 2.24) is 4.57 Å². The molecular weight excluding hydrogens is 329 g/mol. The second-order valence-corrected chi connectivity index (χ2v) is 5.89. The third-order valence-electron chi connectivity index (χ3n) is 3.83. The van der Waals surface area contributed by atoms with Crippen molar-refractivity contribution >= 4 is 32.8 Å². The van der Waals surface area contributed by atoms with Crippen molar-refractivity contribution in [3.63, 3.8) is 0 Å². The van der Waals surface area contributed by atoms with Crippen LogP contribution in [0.25, 0.3) is 10.9 Å². The van der Waals surface area contributed by atoms with Gasteiger partial charge in [-0.2, -0.15) is 0 Å². The fourth-order valence-corrected chi connectivity index (χ4v) is 3.36. The molecule has 1 aliphatic rings. The molecule has 4 nitrogen and oxygen atoms in total. The van der Waals surface area contributed by atoms with Gasteiger partial charge in [0.1, 0.15) is 11.4 Å². The van der Waals surface area contributed by atoms with Crippen molar-refractivity contribution < 1.29 is 19.0 Å². The monoisotopic (exact) mass is 341 g/mol. The van der Waals surface area contributed by atoms with Gasteiger partial charge in [-0.3, -0.25) is 4.79 Å². The molecule has 0 unspecified atom stereocenters. The summed E-state index contributed by atoms with van der Waals surface area (Å²) in [5.74, 6) is -0.801. The number of esters is 1. The summed E-state index contributed by atoms with van der Waals surface area (Å²) in [6.07, 6.45) is 0.321. The second-order valence-electron chi connectivity index (χ2n) is 5.04. The fourth-order valence-electron chi connectivity index (χ4n) is 2.82. The molecule has 20 heavy (non-hydrogen) atoms. The van der Waals surface area contributed by atoms with E-state index >= 15 is 0 Å². The van der Waals surface area contributed by atoms with Crippen molar-refractivity contribution in [3.05, 3.63) is 34.2 Å². The van der Waals surface area contributed by atoms with Gasteiger partial charge in [0.05, 0.1) is 24.7 Å². The molecule has 0 saturated heterocycles. The van der Waals surface area contributed by atoms with Crippen LogP contribution in [0.15, 0.2) is 22.7 Å². The summed E-state index contributed by atoms with van der Waals surface area (Å²) in [6, 6.07) is 4.62. The van der Waals surface area contributed by atoms with Gasteiger partial charge >= 0.3 is 5.97 Å². The van der Waals surface area contributed by atoms with Crippen molar-refractivity contribution in [1.29, 1.82) is 0 Å². The zero-order valence-electron chi connectivity index (χ0n) is 10.8. The second kappa shape index (κ2) is 4.56. The minimum atomic E-state index is -1.25. The number of aromatic nitrogens is 1. The highest BCUT2D eigenvalue weighted by Gasteiger charge is 2.40. The Kier molecular flexibility index (Phi) is 3.10. The van der Waals surface area contributed by atoms with Crippen LogP contribution in [-0.4, -0.2) is 22.8 Å². The Morgan fingerprint density at radius 3 is 3.00 bits per heavy atom. The number of nitrogens with zero attached hydrogens (tertiary/aromatic N) is 1. The molecule has 6 heteroatoms. The van der Waals surface area contributed by atoms with Crippen LogP contribution < -0.4 is 0 Å². The Morgan fingerprint density at radius 2 is 2.30 bits per heavy atom. The zero-order valence-corrected chi connectivity index (χ0v) is 12.4. The Balaban J connectivity index is 2.14. The van der Waals surface area contributed by atoms with E-state index in [-0.39, 0.29) is 12.2 Å². The van der Waals surface area contributed by atoms with E-state index in [1.165, 1.54) is 19.2 Å². The van der Waals surface area contributed by atoms with Crippen LogP contribution in [-0.2, 0) is 21.7 Å². The molecule has 0 bridgehead atoms. The first-order valence-corrected chi connectivity index (χ1v) is 7.02. The fraction of sp³-hybridized carbons (Fsp3) is 0.357. The highest BCUT2D eigenvalue weighted by molar-refractivity contribution is 9.10. The number of hydrogen-bond donors (Lipinski definition) is 1. The van der Waals surface area contributed by atoms with Crippen molar-refractivity contribution in [2.45, 2.75) is 25.0 Å². The number of fused-ring (bicyclic) bond motifs is 3. The number of carbonyl (C=O) groups excluding carboxylic acids is 1. The number of aryl methyl sites for hydroxylation is 1. The van der Waals surface area contributed by atoms with E-state index in [0.717, 1.165) is 5.39 Å². The maximum absolute atomic E-state index is 13.5. The smallest absolute Gasteiger partial charge is 0.308 e. The Morgan fingerprint density at radius 1 is 1.55 bits per heavy atom. The number of carbonyl (C=O) groups is 1. The number of halogens is 2. The van der Waals surface area contributed by atoms with Crippen LogP contribution in [0.2, 0.25) is 0 Å². The maximum Gasteiger partial charge on any atom is 0.308 e. The molecule has 0 amide bonds. The molecule has 0 fully saturated rings. The standard InChI is InChI=1S/C14H13BrFNO3/c1-20-13(18)7-14(19)2-3-17-11-5-8(16)4-10(15)9(11)6-12(14)17/h4-6,19H,2-3,7H2,1H3/t14-/m1/s1. The van der Waals surface area contributed by atoms with Gasteiger partial charge in [-0.05, 0) is 34.1 Å². The third kappa shape index (κ3) is 1.94. The van der Waals surface area contributed by atoms with E-state index in [9.17, 15) is 14.3 Å². The number of benzene rings is 1. The van der Waals surface area contributed by atoms with Crippen LogP contribution in [0.4, 0.5) is 4.39 Å². The van der Waals surface area contributed by atoms with E-state index in [4.69, 9.17) is 0 Å². The van der Waals surface area contributed by atoms with Gasteiger partial charge in [-0.1, -0.05) is 0 Å². The molecule has 106 valence electrons. The molecule has 2 aromatic rings. The molecule has 3 rings (SSSR count). The molecule has 2 heterocycles. The van der Waals surface area contributed by atoms with Crippen molar-refractivity contribution in [2.75, 3.05) is 7.11 Å². The Labute approximate surface area is 123 Å². The molecule has 0 saturated carbocycles. The van der Waals surface area contributed by atoms with Crippen LogP contribution in [0.1, 0.15) is 18.5 Å². The van der Waals surface area contributed by atoms with Crippen LogP contribution in [0.5, 0.6) is 0 Å². The van der Waals surface area contributed by atoms with E-state index in [1.807, 2.05) is 4.57 Å². The molecule has 1 aromatic heterocycles. The number of methoxy groups -OCH3 is 1. The van der Waals surface area contributed by atoms with E-state index in [0.29, 0.717) is 28.6 Å². The topological polar surface area (TPSA) is 51.5 Å². The lowest BCUT2D eigenvalue weighted by molar-refractivity contribution is -0.146. The minimum Gasteiger partial charge on any atom is -0.469 e. The van der Waals surface area contributed by atoms with Crippen LogP contribution in [0, 0.1) is 5.82 Å². The third-order valence-corrected chi connectivity index (χ3v) is 4.48. The summed E-state index contributed by atoms with van der Waals surface area (Å²) >= 11 is 3.32. The van der Waals surface area contributed by atoms with Crippen LogP contribution >= 0.6 is 15.9 Å². The van der Waals surface area contributed by atoms with E-state index in [2.05, 4.69) is 20.7 Å². The lowest BCUT2D eigenvalue weighted by Gasteiger charge is -2.20. The summed E-state index contributed by atoms with van der Waals surface area (Å²) in [5, 5.41) is 11.5. The molecule has 0 spiro atoms. The minimum absolute atomic E-state index is 0.0973. The van der Waals surface area contributed by atoms with E-state index in [1.54, 1.807) is 6.07 Å². The van der Waals surface area contributed by atoms with Gasteiger partial charge in [0.25, 0.3) is 0 Å². The summed E-state index contributed by atoms with van der Waals surface area (Å²) < 4.78 is 20.6. The number of ether oxygens (including phenoxy) is 1. The maximum atomic E-state index is 13.5. The number of aliphatic hydroxyl groups is 1. The van der Waals surface area contributed by atoms with Gasteiger partial charge in [0.15, 0.2) is 0 Å². The zero-order chi connectivity index (χ0) is 14.5. The molecule has 0 aliphatic carbocycles. The van der Waals surface area contributed by atoms with Gasteiger partial charge in [0, 0.05) is 22.8 Å². The molecule has 1 aliphatic heterocycles. The number of rotatable bonds is 2. The summed E-state index contributed by atoms with van der Waals surface area (Å²) in [5.41, 5.74) is 0.0963. The van der Waals surface area contributed by atoms with Gasteiger partial charge in [-0.15, -0.1) is 0 Å². The first kappa shape index (κ1) is 13.6. The average molecular weight is 342 g/mol. The normalized spacial score (nSPS) is 21.2. The summed E-state index contributed by atoms with van der Waals surface area (Å²) in [4.78, 5) is 11.5. The lowest BCUT2D eigenvalue weighted by Crippen LogP contribution is -2.26. The van der Waals surface area contributed by atoms with Crippen molar-refractivity contribution in [3.8, 4) is 0 Å². The van der Waals surface area contributed by atoms with E-state index < -0.39 is 11.6 Å². The van der Waals surface area contributed by atoms with Crippen molar-refractivity contribution in [2.24, 2.45) is 0 Å². The van der Waals surface area contributed by atoms with Gasteiger partial charge < -0.3 is 14.4 Å². The van der Waals surface area contributed by atoms with Crippen LogP contribution in [0.3, 0.4) is 0 Å².